The van der Waals surface area contributed by atoms with E-state index in [0.29, 0.717) is 0 Å². The van der Waals surface area contributed by atoms with Gasteiger partial charge in [0.25, 0.3) is 5.91 Å². The van der Waals surface area contributed by atoms with Gasteiger partial charge in [0.2, 0.25) is 0 Å². The molecule has 0 saturated carbocycles. The van der Waals surface area contributed by atoms with Gasteiger partial charge in [0, 0.05) is 5.02 Å². The van der Waals surface area contributed by atoms with Crippen LogP contribution in [0.4, 0.5) is 23.2 Å². The number of rotatable bonds is 4. The molecule has 122 valence electrons. The second-order valence-electron chi connectivity index (χ2n) is 4.48. The second-order valence-corrected chi connectivity index (χ2v) is 4.92. The molecule has 2 aromatic carbocycles. The fourth-order valence-corrected chi connectivity index (χ4v) is 1.84. The number of benzene rings is 2. The van der Waals surface area contributed by atoms with Gasteiger partial charge < -0.3 is 10.1 Å². The van der Waals surface area contributed by atoms with E-state index in [1.807, 2.05) is 0 Å². The Morgan fingerprint density at radius 3 is 2.39 bits per heavy atom. The van der Waals surface area contributed by atoms with E-state index >= 15 is 0 Å². The molecule has 23 heavy (non-hydrogen) atoms. The monoisotopic (exact) mass is 347 g/mol. The topological polar surface area (TPSA) is 38.3 Å². The van der Waals surface area contributed by atoms with Crippen LogP contribution < -0.4 is 10.1 Å². The van der Waals surface area contributed by atoms with Gasteiger partial charge in [-0.25, -0.2) is 4.39 Å². The van der Waals surface area contributed by atoms with Crippen molar-refractivity contribution < 1.29 is 27.1 Å². The number of hydrogen-bond acceptors (Lipinski definition) is 2. The highest BCUT2D eigenvalue weighted by atomic mass is 35.5. The number of carbonyl (C=O) groups is 1. The van der Waals surface area contributed by atoms with Crippen molar-refractivity contribution in [1.82, 2.24) is 0 Å². The molecule has 2 rings (SSSR count). The number of nitrogens with one attached hydrogen (secondary N) is 1. The van der Waals surface area contributed by atoms with Crippen molar-refractivity contribution in [2.75, 3.05) is 11.9 Å². The summed E-state index contributed by atoms with van der Waals surface area (Å²) in [5.74, 6) is -1.26. The average molecular weight is 348 g/mol. The molecule has 2 aromatic rings. The lowest BCUT2D eigenvalue weighted by Gasteiger charge is -2.10. The largest absolute Gasteiger partial charge is 0.484 e. The number of amides is 1. The van der Waals surface area contributed by atoms with Gasteiger partial charge in [0.15, 0.2) is 6.61 Å². The number of halogens is 5. The molecule has 0 spiro atoms. The highest BCUT2D eigenvalue weighted by Crippen LogP contribution is 2.30. The van der Waals surface area contributed by atoms with Gasteiger partial charge in [-0.2, -0.15) is 13.2 Å². The Labute approximate surface area is 133 Å². The van der Waals surface area contributed by atoms with Crippen LogP contribution in [0.1, 0.15) is 5.56 Å². The Hall–Kier alpha value is -2.28. The van der Waals surface area contributed by atoms with Crippen molar-refractivity contribution in [3.05, 3.63) is 58.9 Å². The molecule has 0 aliphatic heterocycles. The van der Waals surface area contributed by atoms with E-state index in [4.69, 9.17) is 16.3 Å². The summed E-state index contributed by atoms with van der Waals surface area (Å²) in [5, 5.41) is 2.49. The van der Waals surface area contributed by atoms with Crippen molar-refractivity contribution in [2.24, 2.45) is 0 Å². The Balaban J connectivity index is 1.93. The summed E-state index contributed by atoms with van der Waals surface area (Å²) in [6, 6.07) is 7.51. The minimum atomic E-state index is -4.44. The Kier molecular flexibility index (Phi) is 5.10. The molecule has 0 radical (unpaired) electrons. The highest BCUT2D eigenvalue weighted by molar-refractivity contribution is 6.30. The number of ether oxygens (including phenoxy) is 1. The molecule has 1 N–H and O–H groups in total. The third-order valence-electron chi connectivity index (χ3n) is 2.75. The Morgan fingerprint density at radius 2 is 1.78 bits per heavy atom. The molecule has 0 aliphatic rings. The van der Waals surface area contributed by atoms with Crippen LogP contribution in [0.5, 0.6) is 5.75 Å². The van der Waals surface area contributed by atoms with E-state index < -0.39 is 30.1 Å². The van der Waals surface area contributed by atoms with Crippen molar-refractivity contribution >= 4 is 23.2 Å². The zero-order valence-corrected chi connectivity index (χ0v) is 12.2. The molecule has 0 bridgehead atoms. The summed E-state index contributed by atoms with van der Waals surface area (Å²) >= 11 is 5.68. The molecule has 0 aromatic heterocycles. The summed E-state index contributed by atoms with van der Waals surface area (Å²) in [6.07, 6.45) is -4.44. The van der Waals surface area contributed by atoms with Crippen LogP contribution in [-0.4, -0.2) is 12.5 Å². The first-order chi connectivity index (χ1) is 10.8. The van der Waals surface area contributed by atoms with Crippen molar-refractivity contribution in [3.63, 3.8) is 0 Å². The summed E-state index contributed by atoms with van der Waals surface area (Å²) in [7, 11) is 0. The van der Waals surface area contributed by atoms with Crippen LogP contribution in [0.25, 0.3) is 0 Å². The first-order valence-electron chi connectivity index (χ1n) is 6.30. The van der Waals surface area contributed by atoms with E-state index in [0.717, 1.165) is 30.3 Å². The highest BCUT2D eigenvalue weighted by Gasteiger charge is 2.30. The molecule has 0 heterocycles. The lowest BCUT2D eigenvalue weighted by atomic mass is 10.2. The average Bonchev–Trinajstić information content (AvgIpc) is 2.48. The Morgan fingerprint density at radius 1 is 1.13 bits per heavy atom. The summed E-state index contributed by atoms with van der Waals surface area (Å²) in [6.45, 7) is -0.489. The third kappa shape index (κ3) is 4.85. The number of anilines is 1. The molecule has 8 heteroatoms. The van der Waals surface area contributed by atoms with Crippen LogP contribution >= 0.6 is 11.6 Å². The minimum absolute atomic E-state index is 0.0831. The van der Waals surface area contributed by atoms with E-state index in [9.17, 15) is 22.4 Å². The summed E-state index contributed by atoms with van der Waals surface area (Å²) in [4.78, 5) is 11.6. The van der Waals surface area contributed by atoms with Gasteiger partial charge in [0.05, 0.1) is 11.3 Å². The van der Waals surface area contributed by atoms with Gasteiger partial charge in [-0.3, -0.25) is 4.79 Å². The summed E-state index contributed by atoms with van der Waals surface area (Å²) in [5.41, 5.74) is -0.936. The maximum Gasteiger partial charge on any atom is 0.416 e. The lowest BCUT2D eigenvalue weighted by Crippen LogP contribution is -2.20. The van der Waals surface area contributed by atoms with Crippen LogP contribution in [0.3, 0.4) is 0 Å². The van der Waals surface area contributed by atoms with E-state index in [-0.39, 0.29) is 16.5 Å². The van der Waals surface area contributed by atoms with Gasteiger partial charge in [0.1, 0.15) is 11.6 Å². The van der Waals surface area contributed by atoms with Gasteiger partial charge in [-0.15, -0.1) is 0 Å². The maximum absolute atomic E-state index is 13.4. The van der Waals surface area contributed by atoms with Crippen molar-refractivity contribution in [1.29, 1.82) is 0 Å². The van der Waals surface area contributed by atoms with E-state index in [1.165, 1.54) is 12.1 Å². The maximum atomic E-state index is 13.4. The first-order valence-corrected chi connectivity index (χ1v) is 6.68. The van der Waals surface area contributed by atoms with Crippen molar-refractivity contribution in [3.8, 4) is 5.75 Å². The molecular formula is C15H10ClF4NO2. The zero-order valence-electron chi connectivity index (χ0n) is 11.5. The SMILES string of the molecule is O=C(COc1ccc(C(F)(F)F)cc1)Nc1cc(Cl)ccc1F. The van der Waals surface area contributed by atoms with Gasteiger partial charge >= 0.3 is 6.18 Å². The van der Waals surface area contributed by atoms with Crippen LogP contribution in [-0.2, 0) is 11.0 Å². The molecule has 1 amide bonds. The summed E-state index contributed by atoms with van der Waals surface area (Å²) < 4.78 is 55.7. The number of hydrogen-bond donors (Lipinski definition) is 1. The smallest absolute Gasteiger partial charge is 0.416 e. The molecule has 0 fully saturated rings. The fourth-order valence-electron chi connectivity index (χ4n) is 1.67. The molecule has 0 saturated heterocycles. The first kappa shape index (κ1) is 17.1. The zero-order chi connectivity index (χ0) is 17.0. The second kappa shape index (κ2) is 6.87. The molecular weight excluding hydrogens is 338 g/mol. The van der Waals surface area contributed by atoms with Crippen molar-refractivity contribution in [2.45, 2.75) is 6.18 Å². The van der Waals surface area contributed by atoms with Gasteiger partial charge in [-0.05, 0) is 42.5 Å². The number of carbonyl (C=O) groups excluding carboxylic acids is 1. The third-order valence-corrected chi connectivity index (χ3v) is 2.99. The van der Waals surface area contributed by atoms with E-state index in [2.05, 4.69) is 5.32 Å². The van der Waals surface area contributed by atoms with E-state index in [1.54, 1.807) is 0 Å². The lowest BCUT2D eigenvalue weighted by molar-refractivity contribution is -0.137. The van der Waals surface area contributed by atoms with Crippen LogP contribution in [0, 0.1) is 5.82 Å². The predicted molar refractivity (Wildman–Crippen MR) is 77.0 cm³/mol. The van der Waals surface area contributed by atoms with Crippen LogP contribution in [0.15, 0.2) is 42.5 Å². The Bertz CT molecular complexity index is 702. The minimum Gasteiger partial charge on any atom is -0.484 e. The predicted octanol–water partition coefficient (Wildman–Crippen LogP) is 4.52. The molecule has 0 aliphatic carbocycles. The number of alkyl halides is 3. The molecule has 0 atom stereocenters. The van der Waals surface area contributed by atoms with Crippen LogP contribution in [0.2, 0.25) is 5.02 Å². The van der Waals surface area contributed by atoms with Gasteiger partial charge in [-0.1, -0.05) is 11.6 Å². The quantitative estimate of drug-likeness (QED) is 0.826. The molecule has 0 unspecified atom stereocenters. The molecule has 3 nitrogen and oxygen atoms in total. The fraction of sp³-hybridized carbons (Fsp3) is 0.133. The standard InChI is InChI=1S/C15H10ClF4NO2/c16-10-3-6-12(17)13(7-10)21-14(22)8-23-11-4-1-9(2-5-11)15(18,19)20/h1-7H,8H2,(H,21,22). The normalized spacial score (nSPS) is 11.2.